The number of thiophene rings is 1. The van der Waals surface area contributed by atoms with Crippen LogP contribution in [0.4, 0.5) is 0 Å². The van der Waals surface area contributed by atoms with Gasteiger partial charge in [-0.25, -0.2) is 4.79 Å². The van der Waals surface area contributed by atoms with Gasteiger partial charge in [0, 0.05) is 22.4 Å². The normalized spacial score (nSPS) is 12.6. The van der Waals surface area contributed by atoms with Crippen molar-refractivity contribution in [3.05, 3.63) is 27.6 Å². The Balaban J connectivity index is 2.24. The predicted molar refractivity (Wildman–Crippen MR) is 51.7 cm³/mol. The fourth-order valence-corrected chi connectivity index (χ4v) is 2.67. The number of rotatable bonds is 1. The lowest BCUT2D eigenvalue weighted by molar-refractivity contribution is 0.0689. The van der Waals surface area contributed by atoms with Crippen molar-refractivity contribution in [2.75, 3.05) is 0 Å². The van der Waals surface area contributed by atoms with Gasteiger partial charge in [0.25, 0.3) is 0 Å². The summed E-state index contributed by atoms with van der Waals surface area (Å²) in [5.41, 5.74) is 2.93. The second-order valence-corrected chi connectivity index (χ2v) is 4.17. The van der Waals surface area contributed by atoms with Crippen LogP contribution >= 0.6 is 11.3 Å². The first-order valence-corrected chi connectivity index (χ1v) is 5.02. The SMILES string of the molecule is O=C(O)c1[nH]nc2c1Cc1sccc1-2. The highest BCUT2D eigenvalue weighted by Crippen LogP contribution is 2.39. The summed E-state index contributed by atoms with van der Waals surface area (Å²) in [5, 5.41) is 17.5. The van der Waals surface area contributed by atoms with Crippen molar-refractivity contribution in [1.82, 2.24) is 10.2 Å². The van der Waals surface area contributed by atoms with Crippen LogP contribution in [0.25, 0.3) is 11.3 Å². The number of fused-ring (bicyclic) bond motifs is 3. The van der Waals surface area contributed by atoms with Crippen molar-refractivity contribution in [1.29, 1.82) is 0 Å². The molecule has 70 valence electrons. The minimum absolute atomic E-state index is 0.225. The van der Waals surface area contributed by atoms with E-state index in [2.05, 4.69) is 10.2 Å². The number of carboxylic acid groups (broad SMARTS) is 1. The summed E-state index contributed by atoms with van der Waals surface area (Å²) >= 11 is 1.65. The zero-order chi connectivity index (χ0) is 9.71. The molecule has 0 aromatic carbocycles. The number of H-pyrrole nitrogens is 1. The van der Waals surface area contributed by atoms with E-state index in [0.29, 0.717) is 6.42 Å². The molecule has 0 aliphatic heterocycles. The molecule has 0 amide bonds. The van der Waals surface area contributed by atoms with Crippen LogP contribution in [-0.2, 0) is 6.42 Å². The quantitative estimate of drug-likeness (QED) is 0.637. The largest absolute Gasteiger partial charge is 0.477 e. The Morgan fingerprint density at radius 3 is 3.29 bits per heavy atom. The molecule has 3 rings (SSSR count). The van der Waals surface area contributed by atoms with Crippen molar-refractivity contribution in [3.63, 3.8) is 0 Å². The molecule has 2 aromatic rings. The Morgan fingerprint density at radius 2 is 2.50 bits per heavy atom. The number of aromatic nitrogens is 2. The van der Waals surface area contributed by atoms with Gasteiger partial charge in [0.15, 0.2) is 0 Å². The topological polar surface area (TPSA) is 66.0 Å². The maximum atomic E-state index is 10.8. The molecule has 0 radical (unpaired) electrons. The van der Waals surface area contributed by atoms with Gasteiger partial charge in [0.1, 0.15) is 5.69 Å². The second-order valence-electron chi connectivity index (χ2n) is 3.17. The summed E-state index contributed by atoms with van der Waals surface area (Å²) in [6.07, 6.45) is 0.695. The molecular weight excluding hydrogens is 200 g/mol. The molecule has 4 nitrogen and oxygen atoms in total. The summed E-state index contributed by atoms with van der Waals surface area (Å²) in [6, 6.07) is 1.98. The number of nitrogens with zero attached hydrogens (tertiary/aromatic N) is 1. The summed E-state index contributed by atoms with van der Waals surface area (Å²) in [4.78, 5) is 12.0. The Hall–Kier alpha value is -1.62. The Bertz CT molecular complexity index is 527. The van der Waals surface area contributed by atoms with E-state index in [0.717, 1.165) is 16.8 Å². The summed E-state index contributed by atoms with van der Waals surface area (Å²) < 4.78 is 0. The summed E-state index contributed by atoms with van der Waals surface area (Å²) in [6.45, 7) is 0. The highest BCUT2D eigenvalue weighted by Gasteiger charge is 2.27. The maximum absolute atomic E-state index is 10.8. The third kappa shape index (κ3) is 0.820. The number of aromatic amines is 1. The minimum atomic E-state index is -0.936. The third-order valence-corrected chi connectivity index (χ3v) is 3.34. The first-order valence-electron chi connectivity index (χ1n) is 4.14. The number of nitrogens with one attached hydrogen (secondary N) is 1. The fourth-order valence-electron chi connectivity index (χ4n) is 1.79. The van der Waals surface area contributed by atoms with Crippen LogP contribution in [0, 0.1) is 0 Å². The van der Waals surface area contributed by atoms with E-state index >= 15 is 0 Å². The molecule has 0 spiro atoms. The van der Waals surface area contributed by atoms with Crippen molar-refractivity contribution < 1.29 is 9.90 Å². The lowest BCUT2D eigenvalue weighted by Crippen LogP contribution is -2.00. The number of aromatic carboxylic acids is 1. The molecule has 0 bridgehead atoms. The fraction of sp³-hybridized carbons (Fsp3) is 0.111. The van der Waals surface area contributed by atoms with E-state index < -0.39 is 5.97 Å². The van der Waals surface area contributed by atoms with Gasteiger partial charge >= 0.3 is 5.97 Å². The van der Waals surface area contributed by atoms with Crippen molar-refractivity contribution in [3.8, 4) is 11.3 Å². The molecule has 0 atom stereocenters. The average molecular weight is 206 g/mol. The van der Waals surface area contributed by atoms with E-state index in [9.17, 15) is 4.79 Å². The molecule has 5 heteroatoms. The van der Waals surface area contributed by atoms with Gasteiger partial charge in [-0.05, 0) is 11.4 Å². The molecule has 14 heavy (non-hydrogen) atoms. The number of carbonyl (C=O) groups is 1. The van der Waals surface area contributed by atoms with Crippen LogP contribution in [0.2, 0.25) is 0 Å². The van der Waals surface area contributed by atoms with Crippen LogP contribution in [0.3, 0.4) is 0 Å². The number of hydrogen-bond donors (Lipinski definition) is 2. The number of hydrogen-bond acceptors (Lipinski definition) is 3. The van der Waals surface area contributed by atoms with Gasteiger partial charge < -0.3 is 5.11 Å². The van der Waals surface area contributed by atoms with Gasteiger partial charge in [-0.1, -0.05) is 0 Å². The lowest BCUT2D eigenvalue weighted by atomic mass is 10.2. The molecule has 2 heterocycles. The van der Waals surface area contributed by atoms with Gasteiger partial charge in [0.05, 0.1) is 5.69 Å². The molecule has 0 unspecified atom stereocenters. The van der Waals surface area contributed by atoms with Gasteiger partial charge in [0.2, 0.25) is 0 Å². The zero-order valence-electron chi connectivity index (χ0n) is 7.07. The molecule has 2 aromatic heterocycles. The van der Waals surface area contributed by atoms with Crippen LogP contribution in [0.1, 0.15) is 20.9 Å². The van der Waals surface area contributed by atoms with Crippen LogP contribution in [0.5, 0.6) is 0 Å². The molecule has 1 aliphatic carbocycles. The van der Waals surface area contributed by atoms with Crippen LogP contribution < -0.4 is 0 Å². The lowest BCUT2D eigenvalue weighted by Gasteiger charge is -1.91. The van der Waals surface area contributed by atoms with Gasteiger partial charge in [-0.3, -0.25) is 5.10 Å². The molecule has 0 saturated heterocycles. The summed E-state index contributed by atoms with van der Waals surface area (Å²) in [5.74, 6) is -0.936. The molecule has 0 fully saturated rings. The highest BCUT2D eigenvalue weighted by atomic mass is 32.1. The monoisotopic (exact) mass is 206 g/mol. The van der Waals surface area contributed by atoms with E-state index in [4.69, 9.17) is 5.11 Å². The van der Waals surface area contributed by atoms with Gasteiger partial charge in [-0.2, -0.15) is 5.10 Å². The number of carboxylic acids is 1. The Morgan fingerprint density at radius 1 is 1.64 bits per heavy atom. The van der Waals surface area contributed by atoms with E-state index in [1.165, 1.54) is 4.88 Å². The first kappa shape index (κ1) is 7.75. The smallest absolute Gasteiger partial charge is 0.354 e. The van der Waals surface area contributed by atoms with Crippen LogP contribution in [-0.4, -0.2) is 21.3 Å². The molecule has 0 saturated carbocycles. The second kappa shape index (κ2) is 2.45. The molecular formula is C9H6N2O2S. The van der Waals surface area contributed by atoms with Crippen LogP contribution in [0.15, 0.2) is 11.4 Å². The van der Waals surface area contributed by atoms with E-state index in [1.807, 2.05) is 11.4 Å². The third-order valence-electron chi connectivity index (χ3n) is 2.42. The van der Waals surface area contributed by atoms with E-state index in [1.54, 1.807) is 11.3 Å². The average Bonchev–Trinajstić information content (AvgIpc) is 2.70. The van der Waals surface area contributed by atoms with Crippen molar-refractivity contribution in [2.45, 2.75) is 6.42 Å². The Labute approximate surface area is 83.2 Å². The predicted octanol–water partition coefficient (Wildman–Crippen LogP) is 1.74. The van der Waals surface area contributed by atoms with Crippen molar-refractivity contribution >= 4 is 17.3 Å². The Kier molecular flexibility index (Phi) is 1.36. The van der Waals surface area contributed by atoms with E-state index in [-0.39, 0.29) is 5.69 Å². The molecule has 1 aliphatic rings. The standard InChI is InChI=1S/C9H6N2O2S/c12-9(13)8-5-3-6-4(1-2-14-6)7(5)10-11-8/h1-2H,3H2,(H,10,11)(H,12,13). The van der Waals surface area contributed by atoms with Gasteiger partial charge in [-0.15, -0.1) is 11.3 Å². The minimum Gasteiger partial charge on any atom is -0.477 e. The highest BCUT2D eigenvalue weighted by molar-refractivity contribution is 7.10. The van der Waals surface area contributed by atoms with Crippen molar-refractivity contribution in [2.24, 2.45) is 0 Å². The summed E-state index contributed by atoms with van der Waals surface area (Å²) in [7, 11) is 0. The maximum Gasteiger partial charge on any atom is 0.354 e. The first-order chi connectivity index (χ1) is 6.77. The zero-order valence-corrected chi connectivity index (χ0v) is 7.89. The molecule has 2 N–H and O–H groups in total.